The summed E-state index contributed by atoms with van der Waals surface area (Å²) in [4.78, 5) is 36.1. The zero-order valence-corrected chi connectivity index (χ0v) is 15.9. The second-order valence-corrected chi connectivity index (χ2v) is 6.68. The van der Waals surface area contributed by atoms with Gasteiger partial charge in [-0.2, -0.15) is 0 Å². The highest BCUT2D eigenvalue weighted by Gasteiger charge is 2.26. The molecular formula is C21H24FN3O3. The normalized spacial score (nSPS) is 12.7. The fourth-order valence-electron chi connectivity index (χ4n) is 2.91. The largest absolute Gasteiger partial charge is 0.368 e. The van der Waals surface area contributed by atoms with Crippen LogP contribution in [0.25, 0.3) is 0 Å². The summed E-state index contributed by atoms with van der Waals surface area (Å²) in [7, 11) is 0. The van der Waals surface area contributed by atoms with Crippen molar-refractivity contribution in [1.82, 2.24) is 10.6 Å². The lowest BCUT2D eigenvalue weighted by molar-refractivity contribution is -0.130. The van der Waals surface area contributed by atoms with E-state index in [1.807, 2.05) is 31.2 Å². The highest BCUT2D eigenvalue weighted by molar-refractivity contribution is 5.91. The van der Waals surface area contributed by atoms with E-state index < -0.39 is 35.6 Å². The maximum Gasteiger partial charge on any atom is 0.243 e. The first-order valence-electron chi connectivity index (χ1n) is 8.92. The number of carbonyl (C=O) groups excluding carboxylic acids is 3. The average Bonchev–Trinajstić information content (AvgIpc) is 2.61. The molecule has 0 heterocycles. The van der Waals surface area contributed by atoms with E-state index in [4.69, 9.17) is 5.73 Å². The van der Waals surface area contributed by atoms with E-state index in [1.165, 1.54) is 25.1 Å². The molecule has 0 aliphatic rings. The number of amides is 3. The molecule has 2 rings (SSSR count). The molecule has 3 amide bonds. The van der Waals surface area contributed by atoms with Gasteiger partial charge in [-0.15, -0.1) is 0 Å². The first-order chi connectivity index (χ1) is 13.3. The third-order valence-electron chi connectivity index (χ3n) is 4.37. The molecule has 0 spiro atoms. The van der Waals surface area contributed by atoms with Gasteiger partial charge in [-0.1, -0.05) is 36.4 Å². The number of benzene rings is 2. The predicted molar refractivity (Wildman–Crippen MR) is 104 cm³/mol. The van der Waals surface area contributed by atoms with E-state index >= 15 is 0 Å². The first-order valence-corrected chi connectivity index (χ1v) is 8.92. The number of hydrogen-bond donors (Lipinski definition) is 3. The Balaban J connectivity index is 2.15. The van der Waals surface area contributed by atoms with Gasteiger partial charge >= 0.3 is 0 Å². The van der Waals surface area contributed by atoms with Gasteiger partial charge in [-0.3, -0.25) is 14.4 Å². The van der Waals surface area contributed by atoms with E-state index in [9.17, 15) is 18.8 Å². The number of aryl methyl sites for hydroxylation is 1. The smallest absolute Gasteiger partial charge is 0.243 e. The number of halogens is 1. The molecule has 0 unspecified atom stereocenters. The van der Waals surface area contributed by atoms with Gasteiger partial charge in [0.25, 0.3) is 0 Å². The standard InChI is InChI=1S/C21H24FN3O3/c1-13-6-3-4-8-16(13)12-18(20(23)27)25-21(28)19(24-14(2)26)11-15-7-5-9-17(22)10-15/h3-10,18-19H,11-12H2,1-2H3,(H2,23,27)(H,24,26)(H,25,28)/t18-,19+/m1/s1. The molecule has 0 fully saturated rings. The van der Waals surface area contributed by atoms with Crippen LogP contribution in [0.1, 0.15) is 23.6 Å². The molecule has 6 nitrogen and oxygen atoms in total. The maximum atomic E-state index is 13.4. The van der Waals surface area contributed by atoms with Crippen molar-refractivity contribution in [1.29, 1.82) is 0 Å². The number of primary amides is 1. The van der Waals surface area contributed by atoms with E-state index in [0.29, 0.717) is 5.56 Å². The first kappa shape index (κ1) is 21.1. The van der Waals surface area contributed by atoms with Crippen LogP contribution in [-0.4, -0.2) is 29.8 Å². The van der Waals surface area contributed by atoms with Crippen molar-refractivity contribution < 1.29 is 18.8 Å². The topological polar surface area (TPSA) is 101 Å². The zero-order valence-electron chi connectivity index (χ0n) is 15.9. The van der Waals surface area contributed by atoms with Gasteiger partial charge in [-0.05, 0) is 35.7 Å². The minimum absolute atomic E-state index is 0.0824. The Morgan fingerprint density at radius 3 is 2.32 bits per heavy atom. The maximum absolute atomic E-state index is 13.4. The van der Waals surface area contributed by atoms with Crippen LogP contribution in [0.15, 0.2) is 48.5 Å². The summed E-state index contributed by atoms with van der Waals surface area (Å²) in [6.45, 7) is 3.18. The summed E-state index contributed by atoms with van der Waals surface area (Å²) in [6, 6.07) is 11.4. The molecule has 148 valence electrons. The molecule has 2 aromatic rings. The van der Waals surface area contributed by atoms with Crippen LogP contribution < -0.4 is 16.4 Å². The Morgan fingerprint density at radius 1 is 1.00 bits per heavy atom. The Bertz CT molecular complexity index is 869. The predicted octanol–water partition coefficient (Wildman–Crippen LogP) is 1.39. The molecule has 0 aliphatic heterocycles. The van der Waals surface area contributed by atoms with E-state index in [1.54, 1.807) is 6.07 Å². The van der Waals surface area contributed by atoms with Crippen LogP contribution in [0.5, 0.6) is 0 Å². The van der Waals surface area contributed by atoms with Crippen molar-refractivity contribution in [2.75, 3.05) is 0 Å². The number of nitrogens with one attached hydrogen (secondary N) is 2. The van der Waals surface area contributed by atoms with Crippen molar-refractivity contribution in [3.05, 3.63) is 71.0 Å². The molecule has 0 saturated heterocycles. The quantitative estimate of drug-likeness (QED) is 0.640. The lowest BCUT2D eigenvalue weighted by Crippen LogP contribution is -2.54. The summed E-state index contributed by atoms with van der Waals surface area (Å²) < 4.78 is 13.4. The molecule has 0 aromatic heterocycles. The molecule has 4 N–H and O–H groups in total. The van der Waals surface area contributed by atoms with Gasteiger partial charge in [0, 0.05) is 19.8 Å². The number of nitrogens with two attached hydrogens (primary N) is 1. The van der Waals surface area contributed by atoms with Gasteiger partial charge < -0.3 is 16.4 Å². The second-order valence-electron chi connectivity index (χ2n) is 6.68. The highest BCUT2D eigenvalue weighted by Crippen LogP contribution is 2.11. The van der Waals surface area contributed by atoms with Crippen molar-refractivity contribution >= 4 is 17.7 Å². The number of carbonyl (C=O) groups is 3. The number of hydrogen-bond acceptors (Lipinski definition) is 3. The van der Waals surface area contributed by atoms with Crippen LogP contribution >= 0.6 is 0 Å². The fourth-order valence-corrected chi connectivity index (χ4v) is 2.91. The summed E-state index contributed by atoms with van der Waals surface area (Å²) in [5.41, 5.74) is 7.87. The van der Waals surface area contributed by atoms with Crippen LogP contribution in [-0.2, 0) is 27.2 Å². The van der Waals surface area contributed by atoms with Gasteiger partial charge in [0.15, 0.2) is 0 Å². The summed E-state index contributed by atoms with van der Waals surface area (Å²) >= 11 is 0. The van der Waals surface area contributed by atoms with Gasteiger partial charge in [0.1, 0.15) is 17.9 Å². The molecule has 0 saturated carbocycles. The van der Waals surface area contributed by atoms with Crippen molar-refractivity contribution in [2.24, 2.45) is 5.73 Å². The van der Waals surface area contributed by atoms with Crippen LogP contribution in [0.3, 0.4) is 0 Å². The molecule has 0 aliphatic carbocycles. The average molecular weight is 385 g/mol. The van der Waals surface area contributed by atoms with E-state index in [2.05, 4.69) is 10.6 Å². The van der Waals surface area contributed by atoms with Crippen LogP contribution in [0.2, 0.25) is 0 Å². The lowest BCUT2D eigenvalue weighted by Gasteiger charge is -2.22. The second kappa shape index (κ2) is 9.64. The van der Waals surface area contributed by atoms with E-state index in [-0.39, 0.29) is 12.8 Å². The minimum atomic E-state index is -0.960. The molecule has 0 bridgehead atoms. The SMILES string of the molecule is CC(=O)N[C@@H](Cc1cccc(F)c1)C(=O)N[C@H](Cc1ccccc1C)C(N)=O. The summed E-state index contributed by atoms with van der Waals surface area (Å²) in [6.07, 6.45) is 0.319. The third kappa shape index (κ3) is 6.19. The van der Waals surface area contributed by atoms with Crippen molar-refractivity contribution in [3.63, 3.8) is 0 Å². The minimum Gasteiger partial charge on any atom is -0.368 e. The monoisotopic (exact) mass is 385 g/mol. The zero-order chi connectivity index (χ0) is 20.7. The van der Waals surface area contributed by atoms with E-state index in [0.717, 1.165) is 11.1 Å². The molecule has 7 heteroatoms. The number of rotatable bonds is 8. The lowest BCUT2D eigenvalue weighted by atomic mass is 9.99. The molecule has 0 radical (unpaired) electrons. The molecule has 2 atom stereocenters. The summed E-state index contributed by atoms with van der Waals surface area (Å²) in [5, 5.41) is 5.15. The Labute approximate surface area is 163 Å². The van der Waals surface area contributed by atoms with Crippen molar-refractivity contribution in [3.8, 4) is 0 Å². The molecule has 2 aromatic carbocycles. The fraction of sp³-hybridized carbons (Fsp3) is 0.286. The Morgan fingerprint density at radius 2 is 1.71 bits per heavy atom. The summed E-state index contributed by atoms with van der Waals surface area (Å²) in [5.74, 6) is -2.08. The van der Waals surface area contributed by atoms with Gasteiger partial charge in [0.2, 0.25) is 17.7 Å². The van der Waals surface area contributed by atoms with Crippen molar-refractivity contribution in [2.45, 2.75) is 38.8 Å². The van der Waals surface area contributed by atoms with Gasteiger partial charge in [0.05, 0.1) is 0 Å². The highest BCUT2D eigenvalue weighted by atomic mass is 19.1. The van der Waals surface area contributed by atoms with Crippen LogP contribution in [0.4, 0.5) is 4.39 Å². The molecular weight excluding hydrogens is 361 g/mol. The van der Waals surface area contributed by atoms with Crippen LogP contribution in [0, 0.1) is 12.7 Å². The third-order valence-corrected chi connectivity index (χ3v) is 4.37. The molecule has 28 heavy (non-hydrogen) atoms. The Kier molecular flexibility index (Phi) is 7.26. The van der Waals surface area contributed by atoms with Gasteiger partial charge in [-0.25, -0.2) is 4.39 Å². The Hall–Kier alpha value is -3.22.